The van der Waals surface area contributed by atoms with Crippen molar-refractivity contribution in [3.05, 3.63) is 99.7 Å². The highest BCUT2D eigenvalue weighted by Crippen LogP contribution is 2.06. The second kappa shape index (κ2) is 31.7. The molecule has 0 fully saturated rings. The third kappa shape index (κ3) is 45.3. The van der Waals surface area contributed by atoms with Crippen LogP contribution in [0.5, 0.6) is 0 Å². The molecule has 0 saturated carbocycles. The number of rotatable bonds is 12. The van der Waals surface area contributed by atoms with Crippen LogP contribution in [0.1, 0.15) is 72.1 Å². The van der Waals surface area contributed by atoms with E-state index in [0.29, 0.717) is 0 Å². The van der Waals surface area contributed by atoms with Crippen LogP contribution in [0, 0.1) is 0 Å². The van der Waals surface area contributed by atoms with E-state index in [0.717, 1.165) is 30.4 Å². The molecule has 0 radical (unpaired) electrons. The van der Waals surface area contributed by atoms with Gasteiger partial charge in [0.2, 0.25) is 0 Å². The second-order valence-corrected chi connectivity index (χ2v) is 5.97. The summed E-state index contributed by atoms with van der Waals surface area (Å²) in [5.41, 5.74) is 3.44. The van der Waals surface area contributed by atoms with Crippen LogP contribution in [0.15, 0.2) is 99.7 Å². The van der Waals surface area contributed by atoms with Crippen LogP contribution in [0.4, 0.5) is 0 Å². The summed E-state index contributed by atoms with van der Waals surface area (Å²) >= 11 is 0. The molecule has 0 bridgehead atoms. The summed E-state index contributed by atoms with van der Waals surface area (Å²) < 4.78 is 0. The first-order valence-corrected chi connectivity index (χ1v) is 9.98. The highest BCUT2D eigenvalue weighted by molar-refractivity contribution is 5.10. The second-order valence-electron chi connectivity index (χ2n) is 5.97. The van der Waals surface area contributed by atoms with Crippen molar-refractivity contribution < 1.29 is 0 Å². The van der Waals surface area contributed by atoms with Gasteiger partial charge in [0.25, 0.3) is 0 Å². The largest absolute Gasteiger partial charge is 0.0991 e. The molecule has 0 N–H and O–H groups in total. The molecule has 0 aromatic carbocycles. The molecule has 0 unspecified atom stereocenters. The number of hydrogen-bond acceptors (Lipinski definition) is 0. The van der Waals surface area contributed by atoms with E-state index < -0.39 is 0 Å². The standard InChI is InChI=1S/C9H16.C8H14.C6H10.C4H6/c1-4-6-7-8-9(3)5-2;1-4-6-7-8(3)5-2;1-4-6(3)5-2;1-3-4-2/h5H,2-4,6-8H2,1H3;5H,2-4,6-7H2,1H3;4H,1,3,5H2,2H3;3-4H,1-2H2. The maximum atomic E-state index is 3.83. The third-order valence-corrected chi connectivity index (χ3v) is 3.44. The Bertz CT molecular complexity index is 411. The molecule has 0 saturated heterocycles. The molecule has 154 valence electrons. The Labute approximate surface area is 172 Å². The Morgan fingerprint density at radius 2 is 0.926 bits per heavy atom. The van der Waals surface area contributed by atoms with Crippen molar-refractivity contribution in [2.24, 2.45) is 0 Å². The normalized spacial score (nSPS) is 7.96. The molecular weight excluding hydrogens is 324 g/mol. The summed E-state index contributed by atoms with van der Waals surface area (Å²) in [4.78, 5) is 0. The first-order chi connectivity index (χ1) is 12.8. The Morgan fingerprint density at radius 3 is 1.15 bits per heavy atom. The minimum absolute atomic E-state index is 1.02. The fourth-order valence-electron chi connectivity index (χ4n) is 1.35. The number of hydrogen-bond donors (Lipinski definition) is 0. The molecule has 0 atom stereocenters. The lowest BCUT2D eigenvalue weighted by molar-refractivity contribution is 0.720. The van der Waals surface area contributed by atoms with Crippen molar-refractivity contribution in [2.75, 3.05) is 0 Å². The Kier molecular flexibility index (Phi) is 38.2. The first kappa shape index (κ1) is 32.6. The summed E-state index contributed by atoms with van der Waals surface area (Å²) in [5, 5.41) is 0. The molecule has 0 aliphatic carbocycles. The molecule has 27 heavy (non-hydrogen) atoms. The van der Waals surface area contributed by atoms with E-state index in [1.807, 2.05) is 12.2 Å². The van der Waals surface area contributed by atoms with Crippen LogP contribution in [-0.4, -0.2) is 0 Å². The van der Waals surface area contributed by atoms with E-state index in [1.54, 1.807) is 18.2 Å². The highest BCUT2D eigenvalue weighted by atomic mass is 13.9. The van der Waals surface area contributed by atoms with Gasteiger partial charge in [0.1, 0.15) is 0 Å². The molecule has 0 spiro atoms. The van der Waals surface area contributed by atoms with Gasteiger partial charge >= 0.3 is 0 Å². The lowest BCUT2D eigenvalue weighted by atomic mass is 10.1. The highest BCUT2D eigenvalue weighted by Gasteiger charge is 1.86. The lowest BCUT2D eigenvalue weighted by Gasteiger charge is -1.96. The van der Waals surface area contributed by atoms with E-state index in [-0.39, 0.29) is 0 Å². The predicted molar refractivity (Wildman–Crippen MR) is 132 cm³/mol. The first-order valence-electron chi connectivity index (χ1n) is 9.98. The van der Waals surface area contributed by atoms with Crippen LogP contribution in [0.2, 0.25) is 0 Å². The zero-order chi connectivity index (χ0) is 21.9. The van der Waals surface area contributed by atoms with E-state index in [9.17, 15) is 0 Å². The smallest absolute Gasteiger partial charge is 0.0285 e. The van der Waals surface area contributed by atoms with E-state index in [2.05, 4.69) is 73.4 Å². The molecule has 0 aliphatic heterocycles. The van der Waals surface area contributed by atoms with Crippen molar-refractivity contribution in [2.45, 2.75) is 72.1 Å². The topological polar surface area (TPSA) is 0 Å². The van der Waals surface area contributed by atoms with Crippen molar-refractivity contribution >= 4 is 0 Å². The summed E-state index contributed by atoms with van der Waals surface area (Å²) in [5.74, 6) is 0. The van der Waals surface area contributed by atoms with Gasteiger partial charge < -0.3 is 0 Å². The van der Waals surface area contributed by atoms with Crippen molar-refractivity contribution in [3.63, 3.8) is 0 Å². The third-order valence-electron chi connectivity index (χ3n) is 3.44. The Balaban J connectivity index is -0.000000136. The van der Waals surface area contributed by atoms with Crippen molar-refractivity contribution in [1.29, 1.82) is 0 Å². The molecule has 0 aromatic rings. The minimum Gasteiger partial charge on any atom is -0.0991 e. The van der Waals surface area contributed by atoms with Crippen LogP contribution in [0.25, 0.3) is 0 Å². The molecule has 0 rings (SSSR count). The Morgan fingerprint density at radius 1 is 0.556 bits per heavy atom. The van der Waals surface area contributed by atoms with Crippen LogP contribution < -0.4 is 0 Å². The minimum atomic E-state index is 1.02. The molecule has 0 aliphatic rings. The van der Waals surface area contributed by atoms with Crippen LogP contribution in [0.3, 0.4) is 0 Å². The van der Waals surface area contributed by atoms with Gasteiger partial charge in [-0.15, -0.1) is 0 Å². The van der Waals surface area contributed by atoms with Crippen molar-refractivity contribution in [3.8, 4) is 0 Å². The van der Waals surface area contributed by atoms with Gasteiger partial charge in [-0.05, 0) is 32.1 Å². The van der Waals surface area contributed by atoms with Gasteiger partial charge in [0, 0.05) is 0 Å². The van der Waals surface area contributed by atoms with Gasteiger partial charge in [-0.25, -0.2) is 0 Å². The van der Waals surface area contributed by atoms with Gasteiger partial charge in [-0.1, -0.05) is 140 Å². The summed E-state index contributed by atoms with van der Waals surface area (Å²) in [7, 11) is 0. The monoisotopic (exact) mass is 370 g/mol. The van der Waals surface area contributed by atoms with E-state index >= 15 is 0 Å². The van der Waals surface area contributed by atoms with E-state index in [1.165, 1.54) is 37.7 Å². The molecule has 0 aromatic heterocycles. The molecule has 0 nitrogen and oxygen atoms in total. The fraction of sp³-hybridized carbons (Fsp3) is 0.407. The SMILES string of the molecule is C=CC(=C)CC.C=CC(=C)CCCC.C=CC(=C)CCCCC.C=CC=C. The zero-order valence-corrected chi connectivity index (χ0v) is 18.7. The van der Waals surface area contributed by atoms with Gasteiger partial charge in [0.15, 0.2) is 0 Å². The number of allylic oxidation sites excluding steroid dienone is 8. The number of unbranched alkanes of at least 4 members (excludes halogenated alkanes) is 3. The maximum Gasteiger partial charge on any atom is -0.0285 e. The molecular formula is C27H46. The average molecular weight is 371 g/mol. The maximum absolute atomic E-state index is 3.83. The van der Waals surface area contributed by atoms with Gasteiger partial charge in [-0.3, -0.25) is 0 Å². The zero-order valence-electron chi connectivity index (χ0n) is 18.7. The predicted octanol–water partition coefficient (Wildman–Crippen LogP) is 9.72. The van der Waals surface area contributed by atoms with Gasteiger partial charge in [0.05, 0.1) is 0 Å². The van der Waals surface area contributed by atoms with Crippen molar-refractivity contribution in [1.82, 2.24) is 0 Å². The quantitative estimate of drug-likeness (QED) is 0.237. The lowest BCUT2D eigenvalue weighted by Crippen LogP contribution is -1.76. The van der Waals surface area contributed by atoms with Crippen LogP contribution >= 0.6 is 0 Å². The molecule has 0 heterocycles. The average Bonchev–Trinajstić information content (AvgIpc) is 2.72. The summed E-state index contributed by atoms with van der Waals surface area (Å²) in [6.45, 7) is 35.2. The summed E-state index contributed by atoms with van der Waals surface area (Å²) in [6, 6.07) is 0. The fourth-order valence-corrected chi connectivity index (χ4v) is 1.35. The Hall–Kier alpha value is -2.08. The molecule has 0 heteroatoms. The van der Waals surface area contributed by atoms with E-state index in [4.69, 9.17) is 0 Å². The summed E-state index contributed by atoms with van der Waals surface area (Å²) in [6.07, 6.45) is 18.3. The van der Waals surface area contributed by atoms with Gasteiger partial charge in [-0.2, -0.15) is 0 Å². The molecule has 0 amide bonds. The van der Waals surface area contributed by atoms with Crippen LogP contribution in [-0.2, 0) is 0 Å².